The van der Waals surface area contributed by atoms with Crippen LogP contribution in [0.4, 0.5) is 0 Å². The van der Waals surface area contributed by atoms with Crippen LogP contribution in [0, 0.1) is 13.8 Å². The molecule has 0 aliphatic rings. The van der Waals surface area contributed by atoms with Gasteiger partial charge in [0.25, 0.3) is 11.6 Å². The van der Waals surface area contributed by atoms with Crippen LogP contribution in [0.1, 0.15) is 25.5 Å². The predicted molar refractivity (Wildman–Crippen MR) is 140 cm³/mol. The van der Waals surface area contributed by atoms with Crippen LogP contribution < -0.4 is 9.13 Å². The first-order valence-electron chi connectivity index (χ1n) is 11.8. The highest BCUT2D eigenvalue weighted by Crippen LogP contribution is 2.22. The van der Waals surface area contributed by atoms with Crippen molar-refractivity contribution in [2.75, 3.05) is 0 Å². The van der Waals surface area contributed by atoms with Gasteiger partial charge in [-0.3, -0.25) is 0 Å². The normalized spacial score (nSPS) is 11.3. The van der Waals surface area contributed by atoms with Crippen molar-refractivity contribution >= 4 is 20.2 Å². The van der Waals surface area contributed by atoms with E-state index in [1.807, 2.05) is 0 Å². The second-order valence-electron chi connectivity index (χ2n) is 8.44. The Morgan fingerprint density at radius 2 is 0.921 bits per heavy atom. The lowest BCUT2D eigenvalue weighted by atomic mass is 10.1. The van der Waals surface area contributed by atoms with E-state index < -0.39 is 20.2 Å². The van der Waals surface area contributed by atoms with E-state index in [2.05, 4.69) is 84.8 Å². The average Bonchev–Trinajstić information content (AvgIpc) is 3.38. The Morgan fingerprint density at radius 1 is 0.632 bits per heavy atom. The summed E-state index contributed by atoms with van der Waals surface area (Å²) in [6.07, 6.45) is 8.32. The maximum atomic E-state index is 10.8. The van der Waals surface area contributed by atoms with E-state index in [4.69, 9.17) is 0 Å². The zero-order chi connectivity index (χ0) is 28.7. The van der Waals surface area contributed by atoms with Crippen molar-refractivity contribution in [3.8, 4) is 11.1 Å². The molecule has 4 aromatic rings. The zero-order valence-corrected chi connectivity index (χ0v) is 24.0. The lowest BCUT2D eigenvalue weighted by Crippen LogP contribution is -2.29. The van der Waals surface area contributed by atoms with Gasteiger partial charge in [0.1, 0.15) is 45.0 Å². The summed E-state index contributed by atoms with van der Waals surface area (Å²) in [6, 6.07) is 10.3. The number of aryl methyl sites for hydroxylation is 4. The summed E-state index contributed by atoms with van der Waals surface area (Å²) in [4.78, 5) is -0.694. The van der Waals surface area contributed by atoms with Crippen molar-refractivity contribution in [1.29, 1.82) is 0 Å². The molecule has 0 spiro atoms. The number of nitrogens with zero attached hydrogens (tertiary/aromatic N) is 4. The molecule has 0 amide bonds. The summed E-state index contributed by atoms with van der Waals surface area (Å²) < 4.78 is 73.3. The van der Waals surface area contributed by atoms with Crippen LogP contribution in [0.5, 0.6) is 0 Å². The van der Waals surface area contributed by atoms with E-state index in [-0.39, 0.29) is 9.79 Å². The van der Waals surface area contributed by atoms with E-state index in [1.165, 1.54) is 35.9 Å². The molecule has 2 heterocycles. The van der Waals surface area contributed by atoms with Gasteiger partial charge in [-0.15, -0.1) is 0 Å². The minimum Gasteiger partial charge on any atom is -0.744 e. The number of benzene rings is 2. The SMILES string of the molecule is CCn1cc[n+](C)c1C.CCn1cc[n+](C)c1C.O=S(=O)([O-])c1ccc(-c2ccc(S(=O)(=O)[O-])cc2)cc1. The summed E-state index contributed by atoms with van der Waals surface area (Å²) in [5.74, 6) is 2.61. The maximum absolute atomic E-state index is 10.8. The molecule has 0 saturated heterocycles. The Kier molecular flexibility index (Phi) is 10.5. The molecule has 0 bridgehead atoms. The topological polar surface area (TPSA) is 132 Å². The number of hydrogen-bond acceptors (Lipinski definition) is 6. The van der Waals surface area contributed by atoms with Crippen LogP contribution in [-0.2, 0) is 47.4 Å². The van der Waals surface area contributed by atoms with E-state index in [0.29, 0.717) is 11.1 Å². The molecule has 10 nitrogen and oxygen atoms in total. The maximum Gasteiger partial charge on any atom is 0.252 e. The monoisotopic (exact) mass is 562 g/mol. The smallest absolute Gasteiger partial charge is 0.252 e. The molecule has 0 unspecified atom stereocenters. The largest absolute Gasteiger partial charge is 0.744 e. The number of hydrogen-bond donors (Lipinski definition) is 0. The number of aromatic nitrogens is 4. The molecule has 2 aromatic heterocycles. The standard InChI is InChI=1S/C12H10O6S2.2C7H13N2/c13-19(14,15)11-5-1-9(2-6-11)10-3-7-12(8-4-10)20(16,17)18;2*1-4-9-6-5-8(3)7(9)2/h1-8H,(H,13,14,15)(H,16,17,18);2*5-6H,4H2,1-3H3/q;2*+1/p-2. The quantitative estimate of drug-likeness (QED) is 0.271. The molecule has 0 aliphatic heterocycles. The van der Waals surface area contributed by atoms with Gasteiger partial charge >= 0.3 is 0 Å². The van der Waals surface area contributed by atoms with Crippen molar-refractivity contribution < 1.29 is 35.1 Å². The third-order valence-corrected chi connectivity index (χ3v) is 7.79. The lowest BCUT2D eigenvalue weighted by molar-refractivity contribution is -0.677. The van der Waals surface area contributed by atoms with Crippen molar-refractivity contribution in [2.24, 2.45) is 14.1 Å². The third-order valence-electron chi connectivity index (χ3n) is 6.09. The highest BCUT2D eigenvalue weighted by molar-refractivity contribution is 7.86. The zero-order valence-electron chi connectivity index (χ0n) is 22.4. The van der Waals surface area contributed by atoms with E-state index in [9.17, 15) is 25.9 Å². The summed E-state index contributed by atoms with van der Waals surface area (Å²) in [6.45, 7) is 10.6. The van der Waals surface area contributed by atoms with Crippen LogP contribution in [0.3, 0.4) is 0 Å². The van der Waals surface area contributed by atoms with Gasteiger partial charge < -0.3 is 9.11 Å². The highest BCUT2D eigenvalue weighted by atomic mass is 32.2. The Balaban J connectivity index is 0.000000232. The van der Waals surface area contributed by atoms with Crippen molar-refractivity contribution in [3.63, 3.8) is 0 Å². The molecule has 2 aromatic carbocycles. The summed E-state index contributed by atoms with van der Waals surface area (Å²) >= 11 is 0. The first-order chi connectivity index (χ1) is 17.7. The fourth-order valence-corrected chi connectivity index (χ4v) is 4.43. The Hall–Kier alpha value is -3.32. The van der Waals surface area contributed by atoms with Crippen LogP contribution in [0.2, 0.25) is 0 Å². The van der Waals surface area contributed by atoms with Crippen LogP contribution in [0.25, 0.3) is 11.1 Å². The molecular weight excluding hydrogens is 528 g/mol. The molecule has 0 aliphatic carbocycles. The Labute approximate surface area is 224 Å². The van der Waals surface area contributed by atoms with E-state index >= 15 is 0 Å². The van der Waals surface area contributed by atoms with Gasteiger partial charge in [0.2, 0.25) is 0 Å². The van der Waals surface area contributed by atoms with Gasteiger partial charge in [-0.05, 0) is 49.2 Å². The van der Waals surface area contributed by atoms with E-state index in [0.717, 1.165) is 37.4 Å². The van der Waals surface area contributed by atoms with Gasteiger partial charge in [-0.2, -0.15) is 0 Å². The number of rotatable bonds is 5. The molecule has 12 heteroatoms. The minimum absolute atomic E-state index is 0.347. The fraction of sp³-hybridized carbons (Fsp3) is 0.308. The average molecular weight is 563 g/mol. The first-order valence-corrected chi connectivity index (χ1v) is 14.7. The van der Waals surface area contributed by atoms with Crippen molar-refractivity contribution in [2.45, 2.75) is 50.6 Å². The van der Waals surface area contributed by atoms with Crippen molar-refractivity contribution in [3.05, 3.63) is 85.0 Å². The van der Waals surface area contributed by atoms with Crippen LogP contribution >= 0.6 is 0 Å². The Morgan fingerprint density at radius 3 is 1.08 bits per heavy atom. The number of imidazole rings is 2. The van der Waals surface area contributed by atoms with Gasteiger partial charge in [-0.1, -0.05) is 24.3 Å². The van der Waals surface area contributed by atoms with Crippen LogP contribution in [0.15, 0.2) is 83.1 Å². The summed E-state index contributed by atoms with van der Waals surface area (Å²) in [7, 11) is -4.88. The second kappa shape index (κ2) is 13.0. The minimum atomic E-state index is -4.50. The van der Waals surface area contributed by atoms with Crippen LogP contribution in [-0.4, -0.2) is 35.1 Å². The summed E-state index contributed by atoms with van der Waals surface area (Å²) in [5.41, 5.74) is 1.18. The second-order valence-corrected chi connectivity index (χ2v) is 11.2. The molecular formula is C26H34N4O6S2. The van der Waals surface area contributed by atoms with Gasteiger partial charge in [-0.25, -0.2) is 35.1 Å². The third kappa shape index (κ3) is 8.35. The molecule has 0 N–H and O–H groups in total. The Bertz CT molecular complexity index is 1440. The molecule has 0 radical (unpaired) electrons. The first kappa shape index (κ1) is 30.9. The molecule has 4 rings (SSSR count). The van der Waals surface area contributed by atoms with Gasteiger partial charge in [0.05, 0.1) is 37.0 Å². The van der Waals surface area contributed by atoms with Crippen molar-refractivity contribution in [1.82, 2.24) is 9.13 Å². The lowest BCUT2D eigenvalue weighted by Gasteiger charge is -2.09. The molecule has 0 atom stereocenters. The molecule has 0 fully saturated rings. The van der Waals surface area contributed by atoms with Gasteiger partial charge in [0.15, 0.2) is 0 Å². The summed E-state index contributed by atoms with van der Waals surface area (Å²) in [5, 5.41) is 0. The predicted octanol–water partition coefficient (Wildman–Crippen LogP) is 2.44. The van der Waals surface area contributed by atoms with Gasteiger partial charge in [0, 0.05) is 13.8 Å². The fourth-order valence-electron chi connectivity index (χ4n) is 3.49. The molecule has 38 heavy (non-hydrogen) atoms. The molecule has 206 valence electrons. The van der Waals surface area contributed by atoms with E-state index in [1.54, 1.807) is 0 Å². The molecule has 0 saturated carbocycles. The highest BCUT2D eigenvalue weighted by Gasteiger charge is 2.06.